The first-order valence-corrected chi connectivity index (χ1v) is 10.3. The molecule has 0 bridgehead atoms. The van der Waals surface area contributed by atoms with Gasteiger partial charge in [0.25, 0.3) is 5.91 Å². The maximum Gasteiger partial charge on any atom is 0.338 e. The van der Waals surface area contributed by atoms with E-state index in [9.17, 15) is 19.2 Å². The molecule has 0 spiro atoms. The van der Waals surface area contributed by atoms with E-state index in [4.69, 9.17) is 17.0 Å². The summed E-state index contributed by atoms with van der Waals surface area (Å²) in [6, 6.07) is 5.35. The van der Waals surface area contributed by atoms with Gasteiger partial charge < -0.3 is 10.1 Å². The molecule has 2 fully saturated rings. The minimum absolute atomic E-state index is 0.0639. The Labute approximate surface area is 179 Å². The Bertz CT molecular complexity index is 868. The van der Waals surface area contributed by atoms with Crippen LogP contribution in [0.3, 0.4) is 0 Å². The average Bonchev–Trinajstić information content (AvgIpc) is 3.54. The van der Waals surface area contributed by atoms with Crippen molar-refractivity contribution in [1.29, 1.82) is 0 Å². The van der Waals surface area contributed by atoms with Gasteiger partial charge in [0.15, 0.2) is 5.11 Å². The number of likely N-dealkylation sites (N-methyl/N-ethyl adjacent to an activating group) is 1. The molecule has 1 saturated carbocycles. The summed E-state index contributed by atoms with van der Waals surface area (Å²) in [6.07, 6.45) is 1.44. The van der Waals surface area contributed by atoms with Crippen LogP contribution < -0.4 is 10.7 Å². The Morgan fingerprint density at radius 1 is 1.17 bits per heavy atom. The number of nitrogens with zero attached hydrogens (tertiary/aromatic N) is 2. The zero-order valence-corrected chi connectivity index (χ0v) is 17.7. The van der Waals surface area contributed by atoms with Crippen LogP contribution in [-0.4, -0.2) is 57.9 Å². The molecule has 1 aliphatic carbocycles. The second-order valence-electron chi connectivity index (χ2n) is 7.05. The van der Waals surface area contributed by atoms with Gasteiger partial charge in [-0.25, -0.2) is 9.80 Å². The quantitative estimate of drug-likeness (QED) is 0.473. The van der Waals surface area contributed by atoms with Crippen molar-refractivity contribution in [3.8, 4) is 0 Å². The lowest BCUT2D eigenvalue weighted by Crippen LogP contribution is -2.50. The number of esters is 1. The highest BCUT2D eigenvalue weighted by Gasteiger charge is 2.45. The van der Waals surface area contributed by atoms with Gasteiger partial charge in [0.05, 0.1) is 18.6 Å². The molecule has 10 heteroatoms. The van der Waals surface area contributed by atoms with Crippen LogP contribution in [0.5, 0.6) is 0 Å². The maximum absolute atomic E-state index is 12.7. The monoisotopic (exact) mass is 432 g/mol. The van der Waals surface area contributed by atoms with E-state index >= 15 is 0 Å². The maximum atomic E-state index is 12.7. The molecule has 3 amide bonds. The van der Waals surface area contributed by atoms with E-state index in [2.05, 4.69) is 10.7 Å². The lowest BCUT2D eigenvalue weighted by Gasteiger charge is -2.24. The summed E-state index contributed by atoms with van der Waals surface area (Å²) in [4.78, 5) is 50.5. The molecule has 1 aromatic carbocycles. The van der Waals surface area contributed by atoms with Crippen molar-refractivity contribution < 1.29 is 23.9 Å². The number of carbonyl (C=O) groups is 4. The van der Waals surface area contributed by atoms with Crippen LogP contribution in [0.25, 0.3) is 0 Å². The van der Waals surface area contributed by atoms with Crippen molar-refractivity contribution >= 4 is 46.7 Å². The molecular formula is C20H24N4O5S. The molecule has 1 unspecified atom stereocenters. The SMILES string of the molecule is CCOC(=O)c1ccc(NC(=O)CC2C(=O)N(CC)C(=S)N2NC(=O)C2CC2)cc1. The summed E-state index contributed by atoms with van der Waals surface area (Å²) < 4.78 is 4.92. The van der Waals surface area contributed by atoms with Gasteiger partial charge in [-0.1, -0.05) is 0 Å². The minimum atomic E-state index is -0.904. The van der Waals surface area contributed by atoms with E-state index < -0.39 is 17.9 Å². The number of rotatable bonds is 8. The number of nitrogens with one attached hydrogen (secondary N) is 2. The first-order chi connectivity index (χ1) is 14.3. The molecule has 0 radical (unpaired) electrons. The molecule has 1 atom stereocenters. The lowest BCUT2D eigenvalue weighted by molar-refractivity contribution is -0.133. The summed E-state index contributed by atoms with van der Waals surface area (Å²) in [7, 11) is 0. The Kier molecular flexibility index (Phi) is 6.66. The van der Waals surface area contributed by atoms with Crippen molar-refractivity contribution in [3.63, 3.8) is 0 Å². The Hall–Kier alpha value is -3.01. The molecule has 1 aromatic rings. The number of amides is 3. The zero-order chi connectivity index (χ0) is 21.8. The highest BCUT2D eigenvalue weighted by molar-refractivity contribution is 7.80. The van der Waals surface area contributed by atoms with Crippen molar-refractivity contribution in [3.05, 3.63) is 29.8 Å². The van der Waals surface area contributed by atoms with Gasteiger partial charge in [0.2, 0.25) is 11.8 Å². The summed E-state index contributed by atoms with van der Waals surface area (Å²) >= 11 is 5.32. The number of benzene rings is 1. The molecule has 1 aliphatic heterocycles. The molecule has 2 N–H and O–H groups in total. The van der Waals surface area contributed by atoms with E-state index in [0.717, 1.165) is 12.8 Å². The van der Waals surface area contributed by atoms with Crippen LogP contribution in [0.15, 0.2) is 24.3 Å². The third-order valence-electron chi connectivity index (χ3n) is 4.85. The Morgan fingerprint density at radius 2 is 1.83 bits per heavy atom. The highest BCUT2D eigenvalue weighted by Crippen LogP contribution is 2.29. The molecule has 1 heterocycles. The summed E-state index contributed by atoms with van der Waals surface area (Å²) in [5, 5.41) is 4.21. The van der Waals surface area contributed by atoms with E-state index in [0.29, 0.717) is 17.8 Å². The van der Waals surface area contributed by atoms with E-state index in [1.165, 1.54) is 9.91 Å². The lowest BCUT2D eigenvalue weighted by atomic mass is 10.1. The van der Waals surface area contributed by atoms with Gasteiger partial charge in [-0.15, -0.1) is 0 Å². The van der Waals surface area contributed by atoms with Gasteiger partial charge in [-0.05, 0) is 63.2 Å². The van der Waals surface area contributed by atoms with Crippen LogP contribution in [0.1, 0.15) is 43.5 Å². The average molecular weight is 433 g/mol. The van der Waals surface area contributed by atoms with Crippen LogP contribution in [0, 0.1) is 5.92 Å². The first kappa shape index (κ1) is 21.7. The number of carbonyl (C=O) groups excluding carboxylic acids is 4. The number of hydrogen-bond acceptors (Lipinski definition) is 6. The largest absolute Gasteiger partial charge is 0.462 e. The van der Waals surface area contributed by atoms with E-state index in [1.807, 2.05) is 0 Å². The van der Waals surface area contributed by atoms with Crippen molar-refractivity contribution in [1.82, 2.24) is 15.3 Å². The van der Waals surface area contributed by atoms with Crippen molar-refractivity contribution in [2.24, 2.45) is 5.92 Å². The number of anilines is 1. The number of thiocarbonyl (C=S) groups is 1. The van der Waals surface area contributed by atoms with Crippen molar-refractivity contribution in [2.45, 2.75) is 39.2 Å². The fourth-order valence-corrected chi connectivity index (χ4v) is 3.48. The molecule has 0 aromatic heterocycles. The molecular weight excluding hydrogens is 408 g/mol. The molecule has 9 nitrogen and oxygen atoms in total. The normalized spacial score (nSPS) is 18.4. The molecule has 30 heavy (non-hydrogen) atoms. The van der Waals surface area contributed by atoms with Crippen LogP contribution in [0.2, 0.25) is 0 Å². The predicted octanol–water partition coefficient (Wildman–Crippen LogP) is 1.45. The van der Waals surface area contributed by atoms with Gasteiger partial charge in [0.1, 0.15) is 6.04 Å². The second kappa shape index (κ2) is 9.21. The first-order valence-electron chi connectivity index (χ1n) is 9.87. The Morgan fingerprint density at radius 3 is 2.40 bits per heavy atom. The van der Waals surface area contributed by atoms with Crippen LogP contribution >= 0.6 is 12.2 Å². The van der Waals surface area contributed by atoms with Gasteiger partial charge in [-0.3, -0.25) is 24.7 Å². The predicted molar refractivity (Wildman–Crippen MR) is 112 cm³/mol. The molecule has 160 valence electrons. The van der Waals surface area contributed by atoms with Gasteiger partial charge in [-0.2, -0.15) is 0 Å². The Balaban J connectivity index is 1.65. The molecule has 3 rings (SSSR count). The van der Waals surface area contributed by atoms with E-state index in [-0.39, 0.29) is 35.9 Å². The third kappa shape index (κ3) is 4.76. The summed E-state index contributed by atoms with van der Waals surface area (Å²) in [5.74, 6) is -1.44. The molecule has 2 aliphatic rings. The van der Waals surface area contributed by atoms with Crippen molar-refractivity contribution in [2.75, 3.05) is 18.5 Å². The topological polar surface area (TPSA) is 108 Å². The number of ether oxygens (including phenoxy) is 1. The van der Waals surface area contributed by atoms with E-state index in [1.54, 1.807) is 38.1 Å². The second-order valence-corrected chi connectivity index (χ2v) is 7.42. The van der Waals surface area contributed by atoms with Crippen LogP contribution in [-0.2, 0) is 19.1 Å². The number of hydrazine groups is 1. The van der Waals surface area contributed by atoms with Gasteiger partial charge >= 0.3 is 5.97 Å². The highest BCUT2D eigenvalue weighted by atomic mass is 32.1. The zero-order valence-electron chi connectivity index (χ0n) is 16.8. The fraction of sp³-hybridized carbons (Fsp3) is 0.450. The van der Waals surface area contributed by atoms with Gasteiger partial charge in [0, 0.05) is 18.2 Å². The fourth-order valence-electron chi connectivity index (χ4n) is 3.09. The summed E-state index contributed by atoms with van der Waals surface area (Å²) in [6.45, 7) is 4.12. The third-order valence-corrected chi connectivity index (χ3v) is 5.27. The number of hydrogen-bond donors (Lipinski definition) is 2. The smallest absolute Gasteiger partial charge is 0.338 e. The van der Waals surface area contributed by atoms with Crippen LogP contribution in [0.4, 0.5) is 5.69 Å². The minimum Gasteiger partial charge on any atom is -0.462 e. The molecule has 1 saturated heterocycles. The summed E-state index contributed by atoms with van der Waals surface area (Å²) in [5.41, 5.74) is 3.54. The standard InChI is InChI=1S/C20H24N4O5S/c1-3-23-18(27)15(24(20(23)30)22-17(26)12-5-6-12)11-16(25)21-14-9-7-13(8-10-14)19(28)29-4-2/h7-10,12,15H,3-6,11H2,1-2H3,(H,21,25)(H,22,26).